The van der Waals surface area contributed by atoms with Crippen molar-refractivity contribution in [2.45, 2.75) is 12.8 Å². The monoisotopic (exact) mass is 318 g/mol. The molecule has 0 amide bonds. The predicted octanol–water partition coefficient (Wildman–Crippen LogP) is 3.58. The van der Waals surface area contributed by atoms with E-state index in [1.807, 2.05) is 30.3 Å². The van der Waals surface area contributed by atoms with E-state index in [0.717, 1.165) is 34.9 Å². The van der Waals surface area contributed by atoms with Crippen molar-refractivity contribution in [3.63, 3.8) is 0 Å². The Hall–Kier alpha value is -1.62. The first kappa shape index (κ1) is 12.4. The molecule has 1 saturated heterocycles. The summed E-state index contributed by atoms with van der Waals surface area (Å²) in [7, 11) is 0. The van der Waals surface area contributed by atoms with E-state index in [0.29, 0.717) is 0 Å². The third kappa shape index (κ3) is 3.04. The maximum absolute atomic E-state index is 4.34. The van der Waals surface area contributed by atoms with Crippen LogP contribution in [0, 0.1) is 0 Å². The van der Waals surface area contributed by atoms with E-state index < -0.39 is 0 Å². The Bertz CT molecular complexity index is 550. The Morgan fingerprint density at radius 1 is 1.05 bits per heavy atom. The van der Waals surface area contributed by atoms with Crippen LogP contribution in [0.25, 0.3) is 0 Å². The lowest BCUT2D eigenvalue weighted by Gasteiger charge is -2.16. The van der Waals surface area contributed by atoms with Gasteiger partial charge in [-0.1, -0.05) is 15.9 Å². The van der Waals surface area contributed by atoms with Crippen LogP contribution in [0.15, 0.2) is 41.1 Å². The van der Waals surface area contributed by atoms with Gasteiger partial charge in [-0.2, -0.15) is 0 Å². The molecule has 1 aliphatic heterocycles. The second-order valence-electron chi connectivity index (χ2n) is 4.59. The molecule has 2 aromatic rings. The van der Waals surface area contributed by atoms with E-state index in [1.54, 1.807) is 6.33 Å². The third-order valence-corrected chi connectivity index (χ3v) is 3.73. The molecule has 0 radical (unpaired) electrons. The fourth-order valence-electron chi connectivity index (χ4n) is 2.22. The highest BCUT2D eigenvalue weighted by atomic mass is 79.9. The van der Waals surface area contributed by atoms with Crippen molar-refractivity contribution in [2.75, 3.05) is 23.3 Å². The molecule has 0 bridgehead atoms. The van der Waals surface area contributed by atoms with Gasteiger partial charge in [0.2, 0.25) is 0 Å². The minimum absolute atomic E-state index is 0.833. The molecule has 1 aromatic carbocycles. The number of halogens is 1. The molecule has 0 spiro atoms. The molecule has 1 aromatic heterocycles. The Labute approximate surface area is 121 Å². The topological polar surface area (TPSA) is 41.0 Å². The Balaban J connectivity index is 1.77. The molecule has 1 aliphatic rings. The van der Waals surface area contributed by atoms with Crippen LogP contribution in [0.2, 0.25) is 0 Å². The molecule has 1 N–H and O–H groups in total. The van der Waals surface area contributed by atoms with Crippen molar-refractivity contribution in [3.8, 4) is 0 Å². The quantitative estimate of drug-likeness (QED) is 0.939. The summed E-state index contributed by atoms with van der Waals surface area (Å²) in [6.07, 6.45) is 4.12. The number of nitrogens with zero attached hydrogens (tertiary/aromatic N) is 3. The number of hydrogen-bond acceptors (Lipinski definition) is 4. The summed E-state index contributed by atoms with van der Waals surface area (Å²) in [5, 5.41) is 3.30. The van der Waals surface area contributed by atoms with E-state index >= 15 is 0 Å². The minimum atomic E-state index is 0.833. The van der Waals surface area contributed by atoms with Gasteiger partial charge in [-0.25, -0.2) is 9.97 Å². The summed E-state index contributed by atoms with van der Waals surface area (Å²) in [4.78, 5) is 10.9. The van der Waals surface area contributed by atoms with E-state index in [-0.39, 0.29) is 0 Å². The van der Waals surface area contributed by atoms with Gasteiger partial charge < -0.3 is 10.2 Å². The SMILES string of the molecule is Brc1ccc(Nc2cc(N3CCCC3)ncn2)cc1. The summed E-state index contributed by atoms with van der Waals surface area (Å²) >= 11 is 3.43. The summed E-state index contributed by atoms with van der Waals surface area (Å²) in [6, 6.07) is 10.0. The van der Waals surface area contributed by atoms with E-state index in [2.05, 4.69) is 36.1 Å². The lowest BCUT2D eigenvalue weighted by atomic mass is 10.3. The van der Waals surface area contributed by atoms with Crippen molar-refractivity contribution >= 4 is 33.3 Å². The Kier molecular flexibility index (Phi) is 3.64. The largest absolute Gasteiger partial charge is 0.356 e. The number of aromatic nitrogens is 2. The highest BCUT2D eigenvalue weighted by Crippen LogP contribution is 2.22. The van der Waals surface area contributed by atoms with Gasteiger partial charge in [0.25, 0.3) is 0 Å². The van der Waals surface area contributed by atoms with Gasteiger partial charge in [0.1, 0.15) is 18.0 Å². The molecule has 19 heavy (non-hydrogen) atoms. The molecule has 0 saturated carbocycles. The van der Waals surface area contributed by atoms with Crippen LogP contribution < -0.4 is 10.2 Å². The highest BCUT2D eigenvalue weighted by Gasteiger charge is 2.13. The average molecular weight is 319 g/mol. The van der Waals surface area contributed by atoms with E-state index in [9.17, 15) is 0 Å². The average Bonchev–Trinajstić information content (AvgIpc) is 2.96. The number of nitrogens with one attached hydrogen (secondary N) is 1. The predicted molar refractivity (Wildman–Crippen MR) is 80.9 cm³/mol. The van der Waals surface area contributed by atoms with E-state index in [1.165, 1.54) is 12.8 Å². The van der Waals surface area contributed by atoms with Crippen molar-refractivity contribution in [1.82, 2.24) is 9.97 Å². The number of hydrogen-bond donors (Lipinski definition) is 1. The van der Waals surface area contributed by atoms with Crippen molar-refractivity contribution < 1.29 is 0 Å². The summed E-state index contributed by atoms with van der Waals surface area (Å²) in [5.74, 6) is 1.84. The van der Waals surface area contributed by atoms with Gasteiger partial charge in [-0.3, -0.25) is 0 Å². The molecule has 2 heterocycles. The minimum Gasteiger partial charge on any atom is -0.356 e. The third-order valence-electron chi connectivity index (χ3n) is 3.20. The summed E-state index contributed by atoms with van der Waals surface area (Å²) in [5.41, 5.74) is 1.02. The lowest BCUT2D eigenvalue weighted by molar-refractivity contribution is 0.928. The highest BCUT2D eigenvalue weighted by molar-refractivity contribution is 9.10. The standard InChI is InChI=1S/C14H15BrN4/c15-11-3-5-12(6-4-11)18-13-9-14(17-10-16-13)19-7-1-2-8-19/h3-6,9-10H,1-2,7-8H2,(H,16,17,18). The number of benzene rings is 1. The van der Waals surface area contributed by atoms with Crippen LogP contribution in [0.1, 0.15) is 12.8 Å². The molecule has 5 heteroatoms. The lowest BCUT2D eigenvalue weighted by Crippen LogP contribution is -2.19. The zero-order valence-electron chi connectivity index (χ0n) is 10.5. The normalized spacial score (nSPS) is 14.7. The van der Waals surface area contributed by atoms with Crippen LogP contribution in [0.5, 0.6) is 0 Å². The maximum Gasteiger partial charge on any atom is 0.135 e. The fraction of sp³-hybridized carbons (Fsp3) is 0.286. The van der Waals surface area contributed by atoms with Gasteiger partial charge >= 0.3 is 0 Å². The molecule has 0 atom stereocenters. The van der Waals surface area contributed by atoms with Crippen molar-refractivity contribution in [2.24, 2.45) is 0 Å². The first-order valence-corrected chi connectivity index (χ1v) is 7.20. The van der Waals surface area contributed by atoms with Gasteiger partial charge in [-0.15, -0.1) is 0 Å². The molecular formula is C14H15BrN4. The van der Waals surface area contributed by atoms with Crippen LogP contribution in [0.3, 0.4) is 0 Å². The number of anilines is 3. The van der Waals surface area contributed by atoms with Gasteiger partial charge in [0, 0.05) is 29.3 Å². The zero-order valence-corrected chi connectivity index (χ0v) is 12.1. The molecule has 0 unspecified atom stereocenters. The second kappa shape index (κ2) is 5.57. The van der Waals surface area contributed by atoms with Gasteiger partial charge in [-0.05, 0) is 37.1 Å². The van der Waals surface area contributed by atoms with Crippen LogP contribution in [-0.4, -0.2) is 23.1 Å². The van der Waals surface area contributed by atoms with E-state index in [4.69, 9.17) is 0 Å². The first-order valence-electron chi connectivity index (χ1n) is 6.41. The van der Waals surface area contributed by atoms with Crippen molar-refractivity contribution in [1.29, 1.82) is 0 Å². The molecular weight excluding hydrogens is 304 g/mol. The molecule has 4 nitrogen and oxygen atoms in total. The zero-order chi connectivity index (χ0) is 13.1. The molecule has 1 fully saturated rings. The fourth-order valence-corrected chi connectivity index (χ4v) is 2.48. The summed E-state index contributed by atoms with van der Waals surface area (Å²) in [6.45, 7) is 2.18. The van der Waals surface area contributed by atoms with Crippen LogP contribution in [0.4, 0.5) is 17.3 Å². The van der Waals surface area contributed by atoms with Gasteiger partial charge in [0.15, 0.2) is 0 Å². The van der Waals surface area contributed by atoms with Crippen molar-refractivity contribution in [3.05, 3.63) is 41.1 Å². The van der Waals surface area contributed by atoms with Crippen LogP contribution in [-0.2, 0) is 0 Å². The summed E-state index contributed by atoms with van der Waals surface area (Å²) < 4.78 is 1.07. The molecule has 98 valence electrons. The molecule has 3 rings (SSSR count). The Morgan fingerprint density at radius 2 is 1.79 bits per heavy atom. The van der Waals surface area contributed by atoms with Gasteiger partial charge in [0.05, 0.1) is 0 Å². The second-order valence-corrected chi connectivity index (χ2v) is 5.50. The molecule has 0 aliphatic carbocycles. The first-order chi connectivity index (χ1) is 9.31. The maximum atomic E-state index is 4.34. The Morgan fingerprint density at radius 3 is 2.53 bits per heavy atom. The van der Waals surface area contributed by atoms with Crippen LogP contribution >= 0.6 is 15.9 Å². The smallest absolute Gasteiger partial charge is 0.135 e. The number of rotatable bonds is 3.